The van der Waals surface area contributed by atoms with E-state index in [0.717, 1.165) is 25.7 Å². The van der Waals surface area contributed by atoms with Gasteiger partial charge in [-0.15, -0.1) is 0 Å². The van der Waals surface area contributed by atoms with E-state index in [1.807, 2.05) is 6.92 Å². The molecule has 1 aromatic carbocycles. The molecule has 10 heteroatoms. The molecule has 1 fully saturated rings. The Morgan fingerprint density at radius 2 is 1.77 bits per heavy atom. The van der Waals surface area contributed by atoms with Crippen molar-refractivity contribution in [3.8, 4) is 11.5 Å². The number of hydrogen-bond acceptors (Lipinski definition) is 6. The third kappa shape index (κ3) is 4.59. The van der Waals surface area contributed by atoms with Gasteiger partial charge in [0.05, 0.1) is 19.8 Å². The average molecular weight is 437 g/mol. The maximum absolute atomic E-state index is 13.3. The number of anilines is 1. The molecule has 0 radical (unpaired) electrons. The van der Waals surface area contributed by atoms with Gasteiger partial charge in [-0.25, -0.2) is 8.42 Å². The van der Waals surface area contributed by atoms with Crippen molar-refractivity contribution in [1.82, 2.24) is 14.1 Å². The van der Waals surface area contributed by atoms with Crippen LogP contribution in [-0.4, -0.2) is 55.7 Å². The lowest BCUT2D eigenvalue weighted by Crippen LogP contribution is -2.33. The fourth-order valence-corrected chi connectivity index (χ4v) is 5.04. The van der Waals surface area contributed by atoms with Gasteiger partial charge in [-0.05, 0) is 31.9 Å². The molecular weight excluding hydrogens is 408 g/mol. The number of amides is 1. The first kappa shape index (κ1) is 22.1. The van der Waals surface area contributed by atoms with Gasteiger partial charge in [-0.3, -0.25) is 9.48 Å². The zero-order chi connectivity index (χ0) is 21.7. The summed E-state index contributed by atoms with van der Waals surface area (Å²) in [4.78, 5) is 13.0. The number of aromatic nitrogens is 2. The molecule has 0 aliphatic carbocycles. The number of carbonyl (C=O) groups is 1. The molecule has 0 bridgehead atoms. The number of nitrogens with zero attached hydrogens (tertiary/aromatic N) is 3. The largest absolute Gasteiger partial charge is 0.493 e. The molecule has 1 aromatic heterocycles. The quantitative estimate of drug-likeness (QED) is 0.716. The highest BCUT2D eigenvalue weighted by molar-refractivity contribution is 7.89. The first-order valence-electron chi connectivity index (χ1n) is 10.0. The molecule has 2 heterocycles. The van der Waals surface area contributed by atoms with Crippen LogP contribution in [0.4, 0.5) is 5.69 Å². The number of carbonyl (C=O) groups excluding carboxylic acids is 1. The molecule has 2 aromatic rings. The summed E-state index contributed by atoms with van der Waals surface area (Å²) < 4.78 is 39.9. The second-order valence-corrected chi connectivity index (χ2v) is 8.90. The molecule has 0 atom stereocenters. The lowest BCUT2D eigenvalue weighted by Gasteiger charge is -2.19. The molecule has 3 rings (SSSR count). The van der Waals surface area contributed by atoms with Crippen molar-refractivity contribution < 1.29 is 22.7 Å². The van der Waals surface area contributed by atoms with Crippen molar-refractivity contribution >= 4 is 21.6 Å². The van der Waals surface area contributed by atoms with Crippen molar-refractivity contribution in [2.24, 2.45) is 0 Å². The van der Waals surface area contributed by atoms with Crippen LogP contribution in [0.2, 0.25) is 0 Å². The van der Waals surface area contributed by atoms with Crippen LogP contribution in [0, 0.1) is 0 Å². The van der Waals surface area contributed by atoms with Gasteiger partial charge in [-0.1, -0.05) is 12.8 Å². The van der Waals surface area contributed by atoms with Gasteiger partial charge >= 0.3 is 0 Å². The molecular formula is C20H28N4O5S. The number of sulfonamides is 1. The number of ether oxygens (including phenoxy) is 2. The number of nitrogens with one attached hydrogen (secondary N) is 1. The Balaban J connectivity index is 1.92. The Kier molecular flexibility index (Phi) is 6.99. The minimum absolute atomic E-state index is 0.0240. The summed E-state index contributed by atoms with van der Waals surface area (Å²) in [6, 6.07) is 4.94. The lowest BCUT2D eigenvalue weighted by atomic mass is 10.2. The Hall–Kier alpha value is -2.59. The minimum atomic E-state index is -3.87. The van der Waals surface area contributed by atoms with Crippen molar-refractivity contribution in [3.63, 3.8) is 0 Å². The molecule has 1 saturated heterocycles. The van der Waals surface area contributed by atoms with E-state index >= 15 is 0 Å². The molecule has 1 aliphatic heterocycles. The van der Waals surface area contributed by atoms with Gasteiger partial charge in [0.2, 0.25) is 5.03 Å². The van der Waals surface area contributed by atoms with Gasteiger partial charge in [0.1, 0.15) is 0 Å². The molecule has 0 saturated carbocycles. The highest BCUT2D eigenvalue weighted by Gasteiger charge is 2.33. The predicted molar refractivity (Wildman–Crippen MR) is 113 cm³/mol. The van der Waals surface area contributed by atoms with Crippen molar-refractivity contribution in [2.45, 2.75) is 44.2 Å². The van der Waals surface area contributed by atoms with Crippen LogP contribution in [0.3, 0.4) is 0 Å². The van der Waals surface area contributed by atoms with Crippen LogP contribution in [-0.2, 0) is 16.6 Å². The maximum atomic E-state index is 13.3. The smallest absolute Gasteiger partial charge is 0.263 e. The van der Waals surface area contributed by atoms with E-state index in [4.69, 9.17) is 9.47 Å². The van der Waals surface area contributed by atoms with Crippen LogP contribution in [0.5, 0.6) is 11.5 Å². The molecule has 9 nitrogen and oxygen atoms in total. The lowest BCUT2D eigenvalue weighted by molar-refractivity contribution is 0.102. The summed E-state index contributed by atoms with van der Waals surface area (Å²) in [7, 11) is -0.847. The number of rotatable bonds is 7. The average Bonchev–Trinajstić information content (AvgIpc) is 3.01. The SMILES string of the molecule is CCn1cc(C(=O)Nc2ccc(OC)c(OC)c2)c(S(=O)(=O)N2CCCCCC2)n1. The number of hydrogen-bond donors (Lipinski definition) is 1. The summed E-state index contributed by atoms with van der Waals surface area (Å²) in [5, 5.41) is 6.75. The first-order chi connectivity index (χ1) is 14.4. The van der Waals surface area contributed by atoms with E-state index in [1.165, 1.54) is 29.4 Å². The Bertz CT molecular complexity index is 995. The minimum Gasteiger partial charge on any atom is -0.493 e. The topological polar surface area (TPSA) is 103 Å². The third-order valence-electron chi connectivity index (χ3n) is 5.09. The van der Waals surface area contributed by atoms with Gasteiger partial charge in [-0.2, -0.15) is 9.40 Å². The van der Waals surface area contributed by atoms with Gasteiger partial charge in [0, 0.05) is 37.6 Å². The highest BCUT2D eigenvalue weighted by atomic mass is 32.2. The summed E-state index contributed by atoms with van der Waals surface area (Å²) >= 11 is 0. The van der Waals surface area contributed by atoms with E-state index in [0.29, 0.717) is 36.8 Å². The summed E-state index contributed by atoms with van der Waals surface area (Å²) in [6.45, 7) is 3.17. The van der Waals surface area contributed by atoms with Crippen LogP contribution in [0.25, 0.3) is 0 Å². The van der Waals surface area contributed by atoms with Gasteiger partial charge in [0.25, 0.3) is 15.9 Å². The monoisotopic (exact) mass is 436 g/mol. The fraction of sp³-hybridized carbons (Fsp3) is 0.500. The maximum Gasteiger partial charge on any atom is 0.263 e. The van der Waals surface area contributed by atoms with Crippen molar-refractivity contribution in [3.05, 3.63) is 30.0 Å². The number of benzene rings is 1. The van der Waals surface area contributed by atoms with Crippen LogP contribution < -0.4 is 14.8 Å². The van der Waals surface area contributed by atoms with Crippen LogP contribution in [0.1, 0.15) is 43.0 Å². The van der Waals surface area contributed by atoms with E-state index in [1.54, 1.807) is 18.2 Å². The standard InChI is InChI=1S/C20H28N4O5S/c1-4-23-14-16(19(25)21-15-9-10-17(28-2)18(13-15)29-3)20(22-23)30(26,27)24-11-7-5-6-8-12-24/h9-10,13-14H,4-8,11-12H2,1-3H3,(H,21,25). The molecule has 0 spiro atoms. The predicted octanol–water partition coefficient (Wildman–Crippen LogP) is 2.74. The molecule has 1 amide bonds. The Labute approximate surface area is 177 Å². The van der Waals surface area contributed by atoms with E-state index in [2.05, 4.69) is 10.4 Å². The summed E-state index contributed by atoms with van der Waals surface area (Å²) in [6.07, 6.45) is 5.09. The Morgan fingerprint density at radius 3 is 2.37 bits per heavy atom. The zero-order valence-corrected chi connectivity index (χ0v) is 18.4. The van der Waals surface area contributed by atoms with E-state index < -0.39 is 15.9 Å². The van der Waals surface area contributed by atoms with Crippen molar-refractivity contribution in [2.75, 3.05) is 32.6 Å². The van der Waals surface area contributed by atoms with Gasteiger partial charge < -0.3 is 14.8 Å². The van der Waals surface area contributed by atoms with Crippen LogP contribution >= 0.6 is 0 Å². The van der Waals surface area contributed by atoms with E-state index in [9.17, 15) is 13.2 Å². The van der Waals surface area contributed by atoms with E-state index in [-0.39, 0.29) is 10.6 Å². The van der Waals surface area contributed by atoms with Crippen molar-refractivity contribution in [1.29, 1.82) is 0 Å². The van der Waals surface area contributed by atoms with Gasteiger partial charge in [0.15, 0.2) is 11.5 Å². The summed E-state index contributed by atoms with van der Waals surface area (Å²) in [5.74, 6) is 0.436. The molecule has 0 unspecified atom stereocenters. The number of methoxy groups -OCH3 is 2. The normalized spacial score (nSPS) is 15.4. The summed E-state index contributed by atoms with van der Waals surface area (Å²) in [5.41, 5.74) is 0.482. The molecule has 30 heavy (non-hydrogen) atoms. The fourth-order valence-electron chi connectivity index (χ4n) is 3.43. The second kappa shape index (κ2) is 9.48. The highest BCUT2D eigenvalue weighted by Crippen LogP contribution is 2.30. The molecule has 1 aliphatic rings. The second-order valence-electron chi connectivity index (χ2n) is 7.05. The first-order valence-corrected chi connectivity index (χ1v) is 11.5. The Morgan fingerprint density at radius 1 is 1.10 bits per heavy atom. The third-order valence-corrected chi connectivity index (χ3v) is 6.92. The molecule has 1 N–H and O–H groups in total. The number of aryl methyl sites for hydroxylation is 1. The molecule has 164 valence electrons. The zero-order valence-electron chi connectivity index (χ0n) is 17.6. The van der Waals surface area contributed by atoms with Crippen LogP contribution in [0.15, 0.2) is 29.4 Å².